The van der Waals surface area contributed by atoms with Gasteiger partial charge in [-0.25, -0.2) is 0 Å². The molecule has 3 aromatic rings. The zero-order valence-electron chi connectivity index (χ0n) is 12.3. The maximum Gasteiger partial charge on any atom is 0.0726 e. The van der Waals surface area contributed by atoms with Gasteiger partial charge in [-0.1, -0.05) is 33.1 Å². The summed E-state index contributed by atoms with van der Waals surface area (Å²) >= 11 is 11.0. The van der Waals surface area contributed by atoms with E-state index in [9.17, 15) is 0 Å². The molecule has 21 heavy (non-hydrogen) atoms. The second kappa shape index (κ2) is 6.73. The summed E-state index contributed by atoms with van der Waals surface area (Å²) < 4.78 is 7.86. The fraction of sp³-hybridized carbons (Fsp3) is 0.500. The van der Waals surface area contributed by atoms with Crippen LogP contribution in [0.15, 0.2) is 19.7 Å². The maximum absolute atomic E-state index is 3.65. The predicted octanol–water partition coefficient (Wildman–Crippen LogP) is 7.66. The predicted molar refractivity (Wildman–Crippen MR) is 104 cm³/mol. The number of aromatic nitrogens is 1. The van der Waals surface area contributed by atoms with Crippen molar-refractivity contribution in [2.45, 2.75) is 46.1 Å². The van der Waals surface area contributed by atoms with Gasteiger partial charge in [-0.05, 0) is 56.3 Å². The summed E-state index contributed by atoms with van der Waals surface area (Å²) in [6.45, 7) is 5.75. The molecule has 1 atom stereocenters. The Balaban J connectivity index is 2.04. The van der Waals surface area contributed by atoms with Gasteiger partial charge in [0.25, 0.3) is 0 Å². The van der Waals surface area contributed by atoms with E-state index in [-0.39, 0.29) is 0 Å². The lowest BCUT2D eigenvalue weighted by Crippen LogP contribution is -2.09. The third-order valence-corrected chi connectivity index (χ3v) is 7.56. The van der Waals surface area contributed by atoms with Crippen molar-refractivity contribution < 1.29 is 0 Å². The lowest BCUT2D eigenvalue weighted by molar-refractivity contribution is 0.401. The number of thiophene rings is 2. The largest absolute Gasteiger partial charge is 0.339 e. The third-order valence-electron chi connectivity index (χ3n) is 4.14. The lowest BCUT2D eigenvalue weighted by atomic mass is 9.99. The highest BCUT2D eigenvalue weighted by molar-refractivity contribution is 9.11. The van der Waals surface area contributed by atoms with E-state index in [2.05, 4.69) is 62.4 Å². The summed E-state index contributed by atoms with van der Waals surface area (Å²) in [6.07, 6.45) is 5.23. The van der Waals surface area contributed by atoms with Crippen molar-refractivity contribution in [1.82, 2.24) is 4.57 Å². The van der Waals surface area contributed by atoms with Gasteiger partial charge in [0.1, 0.15) is 0 Å². The number of rotatable bonds is 6. The number of unbranched alkanes of at least 4 members (excludes halogenated alkanes) is 1. The van der Waals surface area contributed by atoms with Crippen molar-refractivity contribution in [3.63, 3.8) is 0 Å². The molecule has 0 fully saturated rings. The second-order valence-electron chi connectivity index (χ2n) is 5.56. The molecule has 0 N–H and O–H groups in total. The van der Waals surface area contributed by atoms with E-state index in [1.807, 2.05) is 22.7 Å². The highest BCUT2D eigenvalue weighted by atomic mass is 79.9. The number of halogens is 2. The Kier molecular flexibility index (Phi) is 5.14. The Morgan fingerprint density at radius 1 is 1.05 bits per heavy atom. The molecule has 0 amide bonds. The highest BCUT2D eigenvalue weighted by Gasteiger charge is 2.18. The van der Waals surface area contributed by atoms with Crippen LogP contribution in [0.4, 0.5) is 0 Å². The first-order valence-corrected chi connectivity index (χ1v) is 10.7. The van der Waals surface area contributed by atoms with Crippen molar-refractivity contribution in [3.8, 4) is 0 Å². The van der Waals surface area contributed by atoms with Crippen LogP contribution in [0, 0.1) is 5.92 Å². The number of hydrogen-bond donors (Lipinski definition) is 0. The van der Waals surface area contributed by atoms with Crippen LogP contribution in [0.3, 0.4) is 0 Å². The Hall–Kier alpha value is 0.160. The molecule has 5 heteroatoms. The summed E-state index contributed by atoms with van der Waals surface area (Å²) in [4.78, 5) is 0. The molecule has 0 saturated heterocycles. The lowest BCUT2D eigenvalue weighted by Gasteiger charge is -2.16. The van der Waals surface area contributed by atoms with Crippen molar-refractivity contribution in [2.24, 2.45) is 5.92 Å². The molecule has 1 nitrogen and oxygen atoms in total. The van der Waals surface area contributed by atoms with Crippen LogP contribution in [-0.4, -0.2) is 4.57 Å². The molecule has 0 saturated carbocycles. The minimum absolute atomic E-state index is 0.779. The van der Waals surface area contributed by atoms with Gasteiger partial charge in [0, 0.05) is 6.54 Å². The molecular weight excluding hydrogens is 430 g/mol. The van der Waals surface area contributed by atoms with Crippen molar-refractivity contribution >= 4 is 75.0 Å². The molecule has 3 heterocycles. The first kappa shape index (κ1) is 16.0. The first-order chi connectivity index (χ1) is 10.1. The molecule has 0 aliphatic heterocycles. The van der Waals surface area contributed by atoms with Crippen LogP contribution in [0.5, 0.6) is 0 Å². The molecule has 0 spiro atoms. The average molecular weight is 449 g/mol. The zero-order chi connectivity index (χ0) is 15.0. The van der Waals surface area contributed by atoms with Gasteiger partial charge < -0.3 is 4.57 Å². The summed E-state index contributed by atoms with van der Waals surface area (Å²) in [5.74, 6) is 0.779. The summed E-state index contributed by atoms with van der Waals surface area (Å²) in [7, 11) is 0. The zero-order valence-corrected chi connectivity index (χ0v) is 17.1. The van der Waals surface area contributed by atoms with Crippen molar-refractivity contribution in [3.05, 3.63) is 19.7 Å². The summed E-state index contributed by atoms with van der Waals surface area (Å²) in [5.41, 5.74) is 2.80. The Bertz CT molecular complexity index is 699. The van der Waals surface area contributed by atoms with E-state index in [4.69, 9.17) is 0 Å². The van der Waals surface area contributed by atoms with Crippen LogP contribution in [0.1, 0.15) is 39.5 Å². The van der Waals surface area contributed by atoms with E-state index in [1.165, 1.54) is 53.7 Å². The van der Waals surface area contributed by atoms with Crippen LogP contribution >= 0.6 is 54.5 Å². The standard InChI is InChI=1S/C16H19Br2NS2/c1-3-5-6-10(4-2)9-19-11-7-13(17)20-15(11)16-12(19)8-14(18)21-16/h7-8,10H,3-6,9H2,1-2H3. The van der Waals surface area contributed by atoms with Crippen molar-refractivity contribution in [2.75, 3.05) is 0 Å². The molecular formula is C16H19Br2NS2. The molecule has 0 aliphatic carbocycles. The minimum atomic E-state index is 0.779. The van der Waals surface area contributed by atoms with E-state index in [1.54, 1.807) is 0 Å². The molecule has 0 aliphatic rings. The summed E-state index contributed by atoms with van der Waals surface area (Å²) in [6, 6.07) is 4.57. The van der Waals surface area contributed by atoms with Gasteiger partial charge in [0.05, 0.1) is 28.0 Å². The van der Waals surface area contributed by atoms with Gasteiger partial charge in [-0.2, -0.15) is 0 Å². The van der Waals surface area contributed by atoms with E-state index < -0.39 is 0 Å². The topological polar surface area (TPSA) is 4.93 Å². The first-order valence-electron chi connectivity index (χ1n) is 7.50. The molecule has 1 unspecified atom stereocenters. The molecule has 0 aromatic carbocycles. The van der Waals surface area contributed by atoms with E-state index >= 15 is 0 Å². The Morgan fingerprint density at radius 3 is 2.10 bits per heavy atom. The van der Waals surface area contributed by atoms with Crippen molar-refractivity contribution in [1.29, 1.82) is 0 Å². The molecule has 3 aromatic heterocycles. The number of hydrogen-bond acceptors (Lipinski definition) is 2. The third kappa shape index (κ3) is 3.12. The summed E-state index contributed by atoms with van der Waals surface area (Å²) in [5, 5.41) is 0. The number of fused-ring (bicyclic) bond motifs is 3. The van der Waals surface area contributed by atoms with Gasteiger partial charge in [0.15, 0.2) is 0 Å². The Labute approximate surface area is 150 Å². The van der Waals surface area contributed by atoms with Gasteiger partial charge in [-0.15, -0.1) is 22.7 Å². The van der Waals surface area contributed by atoms with Crippen LogP contribution < -0.4 is 0 Å². The quantitative estimate of drug-likeness (QED) is 0.364. The smallest absolute Gasteiger partial charge is 0.0726 e. The normalized spacial score (nSPS) is 13.5. The molecule has 3 rings (SSSR count). The maximum atomic E-state index is 3.65. The van der Waals surface area contributed by atoms with Gasteiger partial charge in [0.2, 0.25) is 0 Å². The SMILES string of the molecule is CCCCC(CC)Cn1c2cc(Br)sc2c2sc(Br)cc21. The van der Waals surface area contributed by atoms with Crippen LogP contribution in [0.25, 0.3) is 20.4 Å². The van der Waals surface area contributed by atoms with Gasteiger partial charge >= 0.3 is 0 Å². The highest BCUT2D eigenvalue weighted by Crippen LogP contribution is 2.43. The molecule has 0 radical (unpaired) electrons. The molecule has 0 bridgehead atoms. The molecule has 114 valence electrons. The van der Waals surface area contributed by atoms with Crippen LogP contribution in [0.2, 0.25) is 0 Å². The Morgan fingerprint density at radius 2 is 1.62 bits per heavy atom. The van der Waals surface area contributed by atoms with Crippen LogP contribution in [-0.2, 0) is 6.54 Å². The monoisotopic (exact) mass is 447 g/mol. The fourth-order valence-corrected chi connectivity index (χ4v) is 6.26. The second-order valence-corrected chi connectivity index (χ2v) is 10.4. The van der Waals surface area contributed by atoms with E-state index in [0.717, 1.165) is 12.5 Å². The average Bonchev–Trinajstić information content (AvgIpc) is 3.07. The minimum Gasteiger partial charge on any atom is -0.339 e. The fourth-order valence-electron chi connectivity index (χ4n) is 2.93. The van der Waals surface area contributed by atoms with Gasteiger partial charge in [-0.3, -0.25) is 0 Å². The number of nitrogens with zero attached hydrogens (tertiary/aromatic N) is 1. The van der Waals surface area contributed by atoms with E-state index in [0.29, 0.717) is 0 Å².